The van der Waals surface area contributed by atoms with Crippen LogP contribution in [0.15, 0.2) is 73.4 Å². The van der Waals surface area contributed by atoms with Crippen LogP contribution in [-0.2, 0) is 0 Å². The maximum Gasteiger partial charge on any atom is 0.140 e. The fourth-order valence-corrected chi connectivity index (χ4v) is 1.64. The average Bonchev–Trinajstić information content (AvgIpc) is 2.33. The average molecular weight is 196 g/mol. The van der Waals surface area contributed by atoms with Gasteiger partial charge in [0.15, 0.2) is 0 Å². The van der Waals surface area contributed by atoms with Gasteiger partial charge in [-0.05, 0) is 30.8 Å². The molecule has 0 fully saturated rings. The molecule has 0 amide bonds. The fourth-order valence-electron chi connectivity index (χ4n) is 1.64. The number of hydrogen-bond donors (Lipinski definition) is 1. The monoisotopic (exact) mass is 196 g/mol. The second-order valence-corrected chi connectivity index (χ2v) is 3.35. The number of quaternary nitrogens is 1. The van der Waals surface area contributed by atoms with Crippen molar-refractivity contribution in [1.29, 1.82) is 0 Å². The van der Waals surface area contributed by atoms with Crippen LogP contribution in [0, 0.1) is 0 Å². The van der Waals surface area contributed by atoms with E-state index in [9.17, 15) is 0 Å². The molecule has 1 nitrogen and oxygen atoms in total. The highest BCUT2D eigenvalue weighted by Gasteiger charge is 2.09. The van der Waals surface area contributed by atoms with Gasteiger partial charge in [-0.2, -0.15) is 0 Å². The van der Waals surface area contributed by atoms with E-state index in [1.165, 1.54) is 16.3 Å². The van der Waals surface area contributed by atoms with Gasteiger partial charge >= 0.3 is 0 Å². The quantitative estimate of drug-likeness (QED) is 0.769. The molecule has 0 aromatic heterocycles. The van der Waals surface area contributed by atoms with Gasteiger partial charge in [0.05, 0.1) is 6.20 Å². The summed E-state index contributed by atoms with van der Waals surface area (Å²) in [6.07, 6.45) is 1.91. The van der Waals surface area contributed by atoms with E-state index >= 15 is 0 Å². The summed E-state index contributed by atoms with van der Waals surface area (Å²) in [5.41, 5.74) is 2.41. The first-order chi connectivity index (χ1) is 7.42. The molecule has 0 unspecified atom stereocenters. The third-order valence-electron chi connectivity index (χ3n) is 2.37. The summed E-state index contributed by atoms with van der Waals surface area (Å²) in [5, 5.41) is 0. The van der Waals surface area contributed by atoms with E-state index in [0.29, 0.717) is 0 Å². The molecule has 74 valence electrons. The summed E-state index contributed by atoms with van der Waals surface area (Å²) in [6, 6.07) is 20.6. The standard InChI is InChI=1S/C14H13N/c1-2-15(13-9-5-3-6-10-13)14-11-7-4-8-12-14/h2-12H,1H2/p+1. The first-order valence-corrected chi connectivity index (χ1v) is 5.02. The Bertz CT molecular complexity index is 380. The number of nitrogens with one attached hydrogen (secondary N) is 1. The molecule has 0 bridgehead atoms. The molecule has 0 aliphatic heterocycles. The first-order valence-electron chi connectivity index (χ1n) is 5.02. The van der Waals surface area contributed by atoms with Crippen molar-refractivity contribution in [2.45, 2.75) is 0 Å². The largest absolute Gasteiger partial charge is 0.245 e. The lowest BCUT2D eigenvalue weighted by molar-refractivity contribution is -0.696. The Morgan fingerprint density at radius 1 is 0.733 bits per heavy atom. The minimum absolute atomic E-state index is 1.18. The summed E-state index contributed by atoms with van der Waals surface area (Å²) in [4.78, 5) is 1.18. The zero-order chi connectivity index (χ0) is 10.5. The maximum atomic E-state index is 3.88. The zero-order valence-electron chi connectivity index (χ0n) is 8.56. The SMILES string of the molecule is C=C[NH+](c1ccccc1)c1ccccc1. The highest BCUT2D eigenvalue weighted by Crippen LogP contribution is 2.06. The molecule has 1 N–H and O–H groups in total. The van der Waals surface area contributed by atoms with Gasteiger partial charge in [-0.25, -0.2) is 4.90 Å². The third kappa shape index (κ3) is 2.14. The van der Waals surface area contributed by atoms with Gasteiger partial charge in [0.1, 0.15) is 11.4 Å². The zero-order valence-corrected chi connectivity index (χ0v) is 8.56. The minimum Gasteiger partial charge on any atom is -0.245 e. The lowest BCUT2D eigenvalue weighted by Gasteiger charge is -2.12. The summed E-state index contributed by atoms with van der Waals surface area (Å²) in [5.74, 6) is 0. The molecule has 2 aromatic carbocycles. The Balaban J connectivity index is 2.38. The molecule has 0 saturated carbocycles. The predicted octanol–water partition coefficient (Wildman–Crippen LogP) is 2.68. The van der Waals surface area contributed by atoms with Gasteiger partial charge < -0.3 is 0 Å². The van der Waals surface area contributed by atoms with Gasteiger partial charge in [0.25, 0.3) is 0 Å². The van der Waals surface area contributed by atoms with Crippen molar-refractivity contribution in [1.82, 2.24) is 0 Å². The van der Waals surface area contributed by atoms with Crippen LogP contribution >= 0.6 is 0 Å². The third-order valence-corrected chi connectivity index (χ3v) is 2.37. The van der Waals surface area contributed by atoms with Crippen molar-refractivity contribution in [3.05, 3.63) is 73.4 Å². The van der Waals surface area contributed by atoms with Crippen LogP contribution in [0.2, 0.25) is 0 Å². The van der Waals surface area contributed by atoms with Gasteiger partial charge in [0.2, 0.25) is 0 Å². The van der Waals surface area contributed by atoms with Crippen molar-refractivity contribution in [3.63, 3.8) is 0 Å². The lowest BCUT2D eigenvalue weighted by atomic mass is 10.2. The molecule has 0 spiro atoms. The summed E-state index contributed by atoms with van der Waals surface area (Å²) in [7, 11) is 0. The normalized spacial score (nSPS) is 10.2. The molecule has 0 radical (unpaired) electrons. The van der Waals surface area contributed by atoms with Gasteiger partial charge in [-0.1, -0.05) is 36.4 Å². The Hall–Kier alpha value is -1.86. The van der Waals surface area contributed by atoms with Crippen LogP contribution in [0.25, 0.3) is 0 Å². The molecule has 2 aromatic rings. The molecule has 15 heavy (non-hydrogen) atoms. The van der Waals surface area contributed by atoms with E-state index in [-0.39, 0.29) is 0 Å². The molecule has 2 rings (SSSR count). The van der Waals surface area contributed by atoms with Crippen molar-refractivity contribution >= 4 is 11.4 Å². The van der Waals surface area contributed by atoms with E-state index < -0.39 is 0 Å². The smallest absolute Gasteiger partial charge is 0.140 e. The van der Waals surface area contributed by atoms with E-state index in [0.717, 1.165) is 0 Å². The fraction of sp³-hybridized carbons (Fsp3) is 0. The second-order valence-electron chi connectivity index (χ2n) is 3.35. The molecule has 0 saturated heterocycles. The predicted molar refractivity (Wildman–Crippen MR) is 63.4 cm³/mol. The number of rotatable bonds is 3. The number of hydrogen-bond acceptors (Lipinski definition) is 0. The van der Waals surface area contributed by atoms with Gasteiger partial charge in [-0.15, -0.1) is 0 Å². The Kier molecular flexibility index (Phi) is 2.96. The van der Waals surface area contributed by atoms with Crippen LogP contribution in [0.1, 0.15) is 0 Å². The van der Waals surface area contributed by atoms with Crippen molar-refractivity contribution in [2.75, 3.05) is 0 Å². The van der Waals surface area contributed by atoms with Crippen LogP contribution in [0.3, 0.4) is 0 Å². The number of para-hydroxylation sites is 2. The van der Waals surface area contributed by atoms with Crippen molar-refractivity contribution in [2.24, 2.45) is 0 Å². The summed E-state index contributed by atoms with van der Waals surface area (Å²) >= 11 is 0. The topological polar surface area (TPSA) is 4.44 Å². The molecule has 0 aliphatic rings. The second kappa shape index (κ2) is 4.58. The van der Waals surface area contributed by atoms with Crippen LogP contribution in [0.4, 0.5) is 11.4 Å². The molecular weight excluding hydrogens is 182 g/mol. The minimum atomic E-state index is 1.18. The van der Waals surface area contributed by atoms with E-state index in [2.05, 4.69) is 30.8 Å². The summed E-state index contributed by atoms with van der Waals surface area (Å²) < 4.78 is 0. The molecule has 0 atom stereocenters. The summed E-state index contributed by atoms with van der Waals surface area (Å²) in [6.45, 7) is 3.88. The van der Waals surface area contributed by atoms with E-state index in [1.807, 2.05) is 42.6 Å². The maximum absolute atomic E-state index is 3.88. The van der Waals surface area contributed by atoms with E-state index in [1.54, 1.807) is 0 Å². The van der Waals surface area contributed by atoms with Crippen LogP contribution < -0.4 is 4.90 Å². The van der Waals surface area contributed by atoms with Crippen molar-refractivity contribution < 1.29 is 4.90 Å². The van der Waals surface area contributed by atoms with Crippen LogP contribution in [0.5, 0.6) is 0 Å². The highest BCUT2D eigenvalue weighted by atomic mass is 15.1. The van der Waals surface area contributed by atoms with Crippen LogP contribution in [-0.4, -0.2) is 0 Å². The van der Waals surface area contributed by atoms with Crippen molar-refractivity contribution in [3.8, 4) is 0 Å². The lowest BCUT2D eigenvalue weighted by Crippen LogP contribution is -2.96. The molecule has 0 heterocycles. The molecule has 0 aliphatic carbocycles. The van der Waals surface area contributed by atoms with E-state index in [4.69, 9.17) is 0 Å². The van der Waals surface area contributed by atoms with Gasteiger partial charge in [-0.3, -0.25) is 0 Å². The number of benzene rings is 2. The Morgan fingerprint density at radius 2 is 1.13 bits per heavy atom. The Labute approximate surface area is 90.3 Å². The first kappa shape index (κ1) is 9.69. The highest BCUT2D eigenvalue weighted by molar-refractivity contribution is 5.37. The molecule has 1 heteroatoms. The Morgan fingerprint density at radius 3 is 1.47 bits per heavy atom. The molecular formula is C14H14N+. The van der Waals surface area contributed by atoms with Gasteiger partial charge in [0, 0.05) is 0 Å².